The van der Waals surface area contributed by atoms with Crippen LogP contribution in [0.1, 0.15) is 30.6 Å². The van der Waals surface area contributed by atoms with E-state index in [1.165, 1.54) is 12.1 Å². The largest absolute Gasteiger partial charge is 0.380 e. The van der Waals surface area contributed by atoms with Gasteiger partial charge < -0.3 is 5.32 Å². The van der Waals surface area contributed by atoms with Gasteiger partial charge in [0.2, 0.25) is 0 Å². The molecule has 1 N–H and O–H groups in total. The van der Waals surface area contributed by atoms with Crippen molar-refractivity contribution in [2.24, 2.45) is 0 Å². The highest BCUT2D eigenvalue weighted by Gasteiger charge is 2.22. The standard InChI is InChI=1S/C15H16N6O2/c1-2-14-18-15-6-4-12(9-20(15)19-14)17-11-3-5-13(21(22)23)10(7-11)8-16/h3,5,7,12,17H,2,4,6,9H2,1H3/t12-/m0/s1. The van der Waals surface area contributed by atoms with E-state index in [1.54, 1.807) is 6.07 Å². The normalized spacial score (nSPS) is 16.4. The topological polar surface area (TPSA) is 110 Å². The van der Waals surface area contributed by atoms with Crippen molar-refractivity contribution in [1.29, 1.82) is 5.26 Å². The maximum Gasteiger partial charge on any atom is 0.287 e. The zero-order chi connectivity index (χ0) is 16.4. The first-order valence-corrected chi connectivity index (χ1v) is 7.48. The lowest BCUT2D eigenvalue weighted by Gasteiger charge is -2.24. The smallest absolute Gasteiger partial charge is 0.287 e. The van der Waals surface area contributed by atoms with Crippen molar-refractivity contribution in [3.63, 3.8) is 0 Å². The fraction of sp³-hybridized carbons (Fsp3) is 0.400. The quantitative estimate of drug-likeness (QED) is 0.683. The molecule has 0 saturated heterocycles. The third-order valence-corrected chi connectivity index (χ3v) is 3.90. The van der Waals surface area contributed by atoms with Crippen molar-refractivity contribution in [3.8, 4) is 6.07 Å². The number of benzene rings is 1. The highest BCUT2D eigenvalue weighted by atomic mass is 16.6. The van der Waals surface area contributed by atoms with Crippen molar-refractivity contribution in [2.75, 3.05) is 5.32 Å². The number of nitriles is 1. The fourth-order valence-electron chi connectivity index (χ4n) is 2.74. The van der Waals surface area contributed by atoms with Crippen molar-refractivity contribution < 1.29 is 4.92 Å². The number of anilines is 1. The first-order chi connectivity index (χ1) is 11.1. The van der Waals surface area contributed by atoms with Gasteiger partial charge in [-0.2, -0.15) is 10.4 Å². The van der Waals surface area contributed by atoms with E-state index in [2.05, 4.69) is 15.4 Å². The molecule has 1 aliphatic rings. The van der Waals surface area contributed by atoms with Crippen molar-refractivity contribution in [3.05, 3.63) is 45.5 Å². The highest BCUT2D eigenvalue weighted by molar-refractivity contribution is 5.59. The van der Waals surface area contributed by atoms with E-state index in [0.29, 0.717) is 12.2 Å². The van der Waals surface area contributed by atoms with E-state index in [4.69, 9.17) is 5.26 Å². The van der Waals surface area contributed by atoms with Gasteiger partial charge in [-0.15, -0.1) is 0 Å². The molecule has 0 radical (unpaired) electrons. The molecule has 118 valence electrons. The number of hydrogen-bond donors (Lipinski definition) is 1. The molecule has 23 heavy (non-hydrogen) atoms. The Morgan fingerprint density at radius 3 is 3.09 bits per heavy atom. The summed E-state index contributed by atoms with van der Waals surface area (Å²) in [5.41, 5.74) is 0.592. The van der Waals surface area contributed by atoms with E-state index >= 15 is 0 Å². The first-order valence-electron chi connectivity index (χ1n) is 7.48. The van der Waals surface area contributed by atoms with Crippen LogP contribution in [0.5, 0.6) is 0 Å². The molecule has 8 nitrogen and oxygen atoms in total. The predicted molar refractivity (Wildman–Crippen MR) is 82.9 cm³/mol. The summed E-state index contributed by atoms with van der Waals surface area (Å²) in [5.74, 6) is 1.85. The summed E-state index contributed by atoms with van der Waals surface area (Å²) in [6.45, 7) is 2.72. The molecular weight excluding hydrogens is 296 g/mol. The number of aryl methyl sites for hydroxylation is 2. The van der Waals surface area contributed by atoms with Crippen LogP contribution in [0.2, 0.25) is 0 Å². The molecule has 1 aromatic carbocycles. The Balaban J connectivity index is 1.75. The third-order valence-electron chi connectivity index (χ3n) is 3.90. The number of nitrogens with one attached hydrogen (secondary N) is 1. The Kier molecular flexibility index (Phi) is 3.93. The van der Waals surface area contributed by atoms with Crippen LogP contribution in [-0.4, -0.2) is 25.7 Å². The summed E-state index contributed by atoms with van der Waals surface area (Å²) in [4.78, 5) is 14.8. The number of nitro benzene ring substituents is 1. The number of hydrogen-bond acceptors (Lipinski definition) is 6. The average Bonchev–Trinajstić information content (AvgIpc) is 2.96. The molecule has 0 fully saturated rings. The van der Waals surface area contributed by atoms with Crippen molar-refractivity contribution in [2.45, 2.75) is 38.8 Å². The van der Waals surface area contributed by atoms with Gasteiger partial charge in [0.15, 0.2) is 5.82 Å². The zero-order valence-corrected chi connectivity index (χ0v) is 12.7. The second-order valence-corrected chi connectivity index (χ2v) is 5.46. The third kappa shape index (κ3) is 2.99. The van der Waals surface area contributed by atoms with Gasteiger partial charge >= 0.3 is 0 Å². The molecule has 0 spiro atoms. The van der Waals surface area contributed by atoms with Crippen LogP contribution in [0.25, 0.3) is 0 Å². The Bertz CT molecular complexity index is 792. The van der Waals surface area contributed by atoms with E-state index in [1.807, 2.05) is 17.7 Å². The summed E-state index contributed by atoms with van der Waals surface area (Å²) < 4.78 is 1.91. The molecule has 0 saturated carbocycles. The summed E-state index contributed by atoms with van der Waals surface area (Å²) >= 11 is 0. The van der Waals surface area contributed by atoms with Crippen molar-refractivity contribution in [1.82, 2.24) is 14.8 Å². The van der Waals surface area contributed by atoms with Gasteiger partial charge in [0, 0.05) is 30.6 Å². The van der Waals surface area contributed by atoms with Crippen LogP contribution in [0.15, 0.2) is 18.2 Å². The average molecular weight is 312 g/mol. The van der Waals surface area contributed by atoms with Crippen LogP contribution in [0, 0.1) is 21.4 Å². The summed E-state index contributed by atoms with van der Waals surface area (Å²) in [6.07, 6.45) is 2.55. The number of nitrogens with zero attached hydrogens (tertiary/aromatic N) is 5. The number of rotatable bonds is 4. The number of aromatic nitrogens is 3. The van der Waals surface area contributed by atoms with Crippen LogP contribution in [0.4, 0.5) is 11.4 Å². The molecule has 2 heterocycles. The second kappa shape index (κ2) is 6.04. The maximum absolute atomic E-state index is 10.9. The Morgan fingerprint density at radius 2 is 2.39 bits per heavy atom. The van der Waals surface area contributed by atoms with Crippen LogP contribution in [0.3, 0.4) is 0 Å². The molecule has 0 amide bonds. The van der Waals surface area contributed by atoms with E-state index < -0.39 is 4.92 Å². The minimum atomic E-state index is -0.545. The summed E-state index contributed by atoms with van der Waals surface area (Å²) in [7, 11) is 0. The molecule has 1 atom stereocenters. The van der Waals surface area contributed by atoms with Gasteiger partial charge in [-0.05, 0) is 18.6 Å². The zero-order valence-electron chi connectivity index (χ0n) is 12.7. The molecule has 0 aliphatic carbocycles. The predicted octanol–water partition coefficient (Wildman–Crippen LogP) is 2.05. The minimum absolute atomic E-state index is 0.0607. The summed E-state index contributed by atoms with van der Waals surface area (Å²) in [6, 6.07) is 6.54. The lowest BCUT2D eigenvalue weighted by molar-refractivity contribution is -0.385. The van der Waals surface area contributed by atoms with Crippen LogP contribution < -0.4 is 5.32 Å². The lowest BCUT2D eigenvalue weighted by Crippen LogP contribution is -2.32. The monoisotopic (exact) mass is 312 g/mol. The lowest BCUT2D eigenvalue weighted by atomic mass is 10.1. The van der Waals surface area contributed by atoms with Gasteiger partial charge in [-0.3, -0.25) is 10.1 Å². The van der Waals surface area contributed by atoms with Gasteiger partial charge in [0.1, 0.15) is 17.5 Å². The van der Waals surface area contributed by atoms with Gasteiger partial charge in [-0.1, -0.05) is 6.92 Å². The number of fused-ring (bicyclic) bond motifs is 1. The fourth-order valence-corrected chi connectivity index (χ4v) is 2.74. The molecule has 8 heteroatoms. The van der Waals surface area contributed by atoms with E-state index in [-0.39, 0.29) is 17.3 Å². The molecule has 0 bridgehead atoms. The van der Waals surface area contributed by atoms with Crippen molar-refractivity contribution >= 4 is 11.4 Å². The van der Waals surface area contributed by atoms with Crippen LogP contribution in [-0.2, 0) is 19.4 Å². The van der Waals surface area contributed by atoms with E-state index in [9.17, 15) is 10.1 Å². The molecule has 2 aromatic rings. The van der Waals surface area contributed by atoms with Gasteiger partial charge in [0.25, 0.3) is 5.69 Å². The maximum atomic E-state index is 10.9. The first kappa shape index (κ1) is 15.0. The Labute approximate surface area is 132 Å². The molecule has 3 rings (SSSR count). The van der Waals surface area contributed by atoms with Gasteiger partial charge in [0.05, 0.1) is 11.5 Å². The summed E-state index contributed by atoms with van der Waals surface area (Å²) in [5, 5.41) is 27.7. The Hall–Kier alpha value is -2.95. The second-order valence-electron chi connectivity index (χ2n) is 5.46. The highest BCUT2D eigenvalue weighted by Crippen LogP contribution is 2.24. The molecular formula is C15H16N6O2. The number of nitro groups is 1. The SMILES string of the molecule is CCc1nc2n(n1)C[C@@H](Nc1ccc([N+](=O)[O-])c(C#N)c1)CC2. The Morgan fingerprint density at radius 1 is 1.57 bits per heavy atom. The van der Waals surface area contributed by atoms with Crippen LogP contribution >= 0.6 is 0 Å². The molecule has 1 aromatic heterocycles. The van der Waals surface area contributed by atoms with Gasteiger partial charge in [-0.25, -0.2) is 9.67 Å². The minimum Gasteiger partial charge on any atom is -0.380 e. The molecule has 0 unspecified atom stereocenters. The van der Waals surface area contributed by atoms with E-state index in [0.717, 1.165) is 30.9 Å². The molecule has 1 aliphatic heterocycles.